The van der Waals surface area contributed by atoms with E-state index in [-0.39, 0.29) is 11.0 Å². The molecule has 5 nitrogen and oxygen atoms in total. The Balaban J connectivity index is 1.90. The molecule has 22 heavy (non-hydrogen) atoms. The largest absolute Gasteiger partial charge is 0.411 e. The third kappa shape index (κ3) is 4.76. The van der Waals surface area contributed by atoms with Crippen LogP contribution in [0.3, 0.4) is 0 Å². The van der Waals surface area contributed by atoms with Gasteiger partial charge in [0.2, 0.25) is 11.8 Å². The van der Waals surface area contributed by atoms with Gasteiger partial charge in [-0.1, -0.05) is 30.0 Å². The minimum absolute atomic E-state index is 0.125. The summed E-state index contributed by atoms with van der Waals surface area (Å²) in [6.07, 6.45) is -4.43. The van der Waals surface area contributed by atoms with Crippen molar-refractivity contribution in [3.63, 3.8) is 0 Å². The van der Waals surface area contributed by atoms with Gasteiger partial charge < -0.3 is 9.73 Å². The van der Waals surface area contributed by atoms with Gasteiger partial charge in [-0.25, -0.2) is 0 Å². The molecule has 1 aromatic carbocycles. The van der Waals surface area contributed by atoms with E-state index in [0.717, 1.165) is 22.9 Å². The predicted octanol–water partition coefficient (Wildman–Crippen LogP) is 2.82. The molecule has 0 aliphatic rings. The summed E-state index contributed by atoms with van der Waals surface area (Å²) in [5.41, 5.74) is 1.72. The van der Waals surface area contributed by atoms with Gasteiger partial charge in [0.1, 0.15) is 6.54 Å². The molecular weight excluding hydrogens is 319 g/mol. The van der Waals surface area contributed by atoms with Crippen molar-refractivity contribution >= 4 is 17.7 Å². The maximum Gasteiger partial charge on any atom is 0.405 e. The van der Waals surface area contributed by atoms with Gasteiger partial charge in [-0.2, -0.15) is 13.2 Å². The lowest BCUT2D eigenvalue weighted by Crippen LogP contribution is -2.34. The van der Waals surface area contributed by atoms with Gasteiger partial charge in [0.15, 0.2) is 0 Å². The van der Waals surface area contributed by atoms with Crippen LogP contribution < -0.4 is 5.32 Å². The number of aromatic nitrogens is 2. The van der Waals surface area contributed by atoms with Crippen molar-refractivity contribution in [1.82, 2.24) is 15.5 Å². The van der Waals surface area contributed by atoms with Gasteiger partial charge in [0, 0.05) is 5.56 Å². The molecule has 0 saturated carbocycles. The summed E-state index contributed by atoms with van der Waals surface area (Å²) in [7, 11) is 0. The number of hydrogen-bond donors (Lipinski definition) is 1. The highest BCUT2D eigenvalue weighted by atomic mass is 32.2. The molecular formula is C13H12F3N3O2S. The van der Waals surface area contributed by atoms with Crippen LogP contribution in [0.25, 0.3) is 11.5 Å². The minimum Gasteiger partial charge on any atom is -0.411 e. The molecule has 0 atom stereocenters. The van der Waals surface area contributed by atoms with Crippen molar-refractivity contribution in [2.45, 2.75) is 18.3 Å². The van der Waals surface area contributed by atoms with Crippen LogP contribution in [0.15, 0.2) is 33.9 Å². The lowest BCUT2D eigenvalue weighted by molar-refractivity contribution is -0.136. The summed E-state index contributed by atoms with van der Waals surface area (Å²) in [5.74, 6) is -0.680. The van der Waals surface area contributed by atoms with Crippen LogP contribution in [0.5, 0.6) is 0 Å². The SMILES string of the molecule is Cc1ccccc1-c1nnc(SCC(=O)NCC(F)(F)F)o1. The van der Waals surface area contributed by atoms with Crippen molar-refractivity contribution < 1.29 is 22.4 Å². The fourth-order valence-corrected chi connectivity index (χ4v) is 2.16. The van der Waals surface area contributed by atoms with Crippen molar-refractivity contribution in [1.29, 1.82) is 0 Å². The molecule has 1 aromatic heterocycles. The Morgan fingerprint density at radius 2 is 2.05 bits per heavy atom. The number of aryl methyl sites for hydroxylation is 1. The van der Waals surface area contributed by atoms with Crippen LogP contribution in [0, 0.1) is 6.92 Å². The van der Waals surface area contributed by atoms with Crippen LogP contribution in [-0.2, 0) is 4.79 Å². The third-order valence-corrected chi connectivity index (χ3v) is 3.41. The molecule has 9 heteroatoms. The molecule has 0 spiro atoms. The third-order valence-electron chi connectivity index (χ3n) is 2.59. The first-order valence-corrected chi connectivity index (χ1v) is 7.19. The maximum atomic E-state index is 11.9. The number of halogens is 3. The van der Waals surface area contributed by atoms with Gasteiger partial charge in [0.25, 0.3) is 5.22 Å². The number of nitrogens with one attached hydrogen (secondary N) is 1. The van der Waals surface area contributed by atoms with Crippen LogP contribution >= 0.6 is 11.8 Å². The summed E-state index contributed by atoms with van der Waals surface area (Å²) >= 11 is 0.881. The topological polar surface area (TPSA) is 68.0 Å². The van der Waals surface area contributed by atoms with Crippen LogP contribution in [0.1, 0.15) is 5.56 Å². The average molecular weight is 331 g/mol. The summed E-state index contributed by atoms with van der Waals surface area (Å²) in [4.78, 5) is 11.3. The molecule has 0 unspecified atom stereocenters. The molecule has 0 aliphatic carbocycles. The molecule has 2 aromatic rings. The highest BCUT2D eigenvalue weighted by Gasteiger charge is 2.27. The molecule has 0 saturated heterocycles. The van der Waals surface area contributed by atoms with Gasteiger partial charge in [-0.15, -0.1) is 10.2 Å². The Labute approximate surface area is 128 Å². The predicted molar refractivity (Wildman–Crippen MR) is 74.3 cm³/mol. The number of alkyl halides is 3. The van der Waals surface area contributed by atoms with Gasteiger partial charge >= 0.3 is 6.18 Å². The van der Waals surface area contributed by atoms with Crippen LogP contribution in [0.2, 0.25) is 0 Å². The van der Waals surface area contributed by atoms with E-state index in [9.17, 15) is 18.0 Å². The van der Waals surface area contributed by atoms with E-state index in [4.69, 9.17) is 4.42 Å². The number of amides is 1. The van der Waals surface area contributed by atoms with E-state index < -0.39 is 18.6 Å². The second-order valence-corrected chi connectivity index (χ2v) is 5.30. The van der Waals surface area contributed by atoms with E-state index in [1.165, 1.54) is 0 Å². The second kappa shape index (κ2) is 6.82. The standard InChI is InChI=1S/C13H12F3N3O2S/c1-8-4-2-3-5-9(8)11-18-19-12(21-11)22-6-10(20)17-7-13(14,15)16/h2-5H,6-7H2,1H3,(H,17,20). The van der Waals surface area contributed by atoms with Gasteiger partial charge in [0.05, 0.1) is 5.75 Å². The molecule has 0 bridgehead atoms. The number of thioether (sulfide) groups is 1. The number of benzene rings is 1. The number of carbonyl (C=O) groups is 1. The van der Waals surface area contributed by atoms with Crippen LogP contribution in [-0.4, -0.2) is 34.6 Å². The van der Waals surface area contributed by atoms with Gasteiger partial charge in [-0.05, 0) is 18.6 Å². The smallest absolute Gasteiger partial charge is 0.405 e. The minimum atomic E-state index is -4.43. The maximum absolute atomic E-state index is 11.9. The molecule has 0 aliphatic heterocycles. The zero-order chi connectivity index (χ0) is 16.2. The molecule has 1 N–H and O–H groups in total. The van der Waals surface area contributed by atoms with Crippen molar-refractivity contribution in [2.75, 3.05) is 12.3 Å². The summed E-state index contributed by atoms with van der Waals surface area (Å²) in [5, 5.41) is 9.51. The summed E-state index contributed by atoms with van der Waals surface area (Å²) in [6, 6.07) is 7.39. The van der Waals surface area contributed by atoms with E-state index >= 15 is 0 Å². The highest BCUT2D eigenvalue weighted by molar-refractivity contribution is 7.99. The lowest BCUT2D eigenvalue weighted by Gasteiger charge is -2.06. The van der Waals surface area contributed by atoms with Crippen LogP contribution in [0.4, 0.5) is 13.2 Å². The lowest BCUT2D eigenvalue weighted by atomic mass is 10.1. The number of rotatable bonds is 5. The molecule has 0 fully saturated rings. The van der Waals surface area contributed by atoms with E-state index in [0.29, 0.717) is 5.89 Å². The molecule has 1 heterocycles. The summed E-state index contributed by atoms with van der Waals surface area (Å²) in [6.45, 7) is 0.529. The van der Waals surface area contributed by atoms with E-state index in [2.05, 4.69) is 10.2 Å². The number of carbonyl (C=O) groups excluding carboxylic acids is 1. The summed E-state index contributed by atoms with van der Waals surface area (Å²) < 4.78 is 41.2. The average Bonchev–Trinajstić information content (AvgIpc) is 2.91. The first kappa shape index (κ1) is 16.3. The Bertz CT molecular complexity index is 658. The van der Waals surface area contributed by atoms with Crippen molar-refractivity contribution in [2.24, 2.45) is 0 Å². The highest BCUT2D eigenvalue weighted by Crippen LogP contribution is 2.25. The quantitative estimate of drug-likeness (QED) is 0.853. The zero-order valence-electron chi connectivity index (χ0n) is 11.5. The number of nitrogens with zero attached hydrogens (tertiary/aromatic N) is 2. The van der Waals surface area contributed by atoms with E-state index in [1.807, 2.05) is 31.2 Å². The monoisotopic (exact) mass is 331 g/mol. The normalized spacial score (nSPS) is 11.5. The second-order valence-electron chi connectivity index (χ2n) is 4.37. The number of hydrogen-bond acceptors (Lipinski definition) is 5. The Morgan fingerprint density at radius 3 is 2.73 bits per heavy atom. The van der Waals surface area contributed by atoms with Gasteiger partial charge in [-0.3, -0.25) is 4.79 Å². The van der Waals surface area contributed by atoms with Crippen molar-refractivity contribution in [3.05, 3.63) is 29.8 Å². The Hall–Kier alpha value is -2.03. The molecule has 2 rings (SSSR count). The Kier molecular flexibility index (Phi) is 5.07. The fourth-order valence-electron chi connectivity index (χ4n) is 1.57. The molecule has 0 radical (unpaired) electrons. The fraction of sp³-hybridized carbons (Fsp3) is 0.308. The molecule has 1 amide bonds. The first-order valence-electron chi connectivity index (χ1n) is 6.21. The van der Waals surface area contributed by atoms with Crippen molar-refractivity contribution in [3.8, 4) is 11.5 Å². The molecule has 118 valence electrons. The zero-order valence-corrected chi connectivity index (χ0v) is 12.3. The first-order chi connectivity index (χ1) is 10.3. The van der Waals surface area contributed by atoms with E-state index in [1.54, 1.807) is 5.32 Å². The Morgan fingerprint density at radius 1 is 1.32 bits per heavy atom.